The number of nitrogens with two attached hydrogens (primary N) is 1. The van der Waals surface area contributed by atoms with Gasteiger partial charge in [-0.05, 0) is 62.9 Å². The number of aromatic amines is 1. The number of fused-ring (bicyclic) bond motifs is 3. The number of H-pyrrole nitrogens is 1. The molecular formula is C29H28FN9O3S. The molecule has 2 atom stereocenters. The van der Waals surface area contributed by atoms with Gasteiger partial charge in [0.1, 0.15) is 22.4 Å². The molecular weight excluding hydrogens is 573 g/mol. The molecule has 2 bridgehead atoms. The average Bonchev–Trinajstić information content (AvgIpc) is 3.68. The molecule has 1 amide bonds. The number of hydrogen-bond acceptors (Lipinski definition) is 9. The van der Waals surface area contributed by atoms with Crippen LogP contribution in [0.1, 0.15) is 53.7 Å². The summed E-state index contributed by atoms with van der Waals surface area (Å²) in [6, 6.07) is 9.56. The second kappa shape index (κ2) is 9.93. The average molecular weight is 602 g/mol. The first-order valence-electron chi connectivity index (χ1n) is 13.9. The van der Waals surface area contributed by atoms with Gasteiger partial charge < -0.3 is 10.6 Å². The molecule has 2 unspecified atom stereocenters. The third kappa shape index (κ3) is 4.61. The predicted octanol–water partition coefficient (Wildman–Crippen LogP) is 3.56. The van der Waals surface area contributed by atoms with Crippen LogP contribution in [-0.4, -0.2) is 72.3 Å². The van der Waals surface area contributed by atoms with Crippen LogP contribution in [0.4, 0.5) is 10.2 Å². The van der Waals surface area contributed by atoms with E-state index in [4.69, 9.17) is 10.7 Å². The number of rotatable bonds is 5. The summed E-state index contributed by atoms with van der Waals surface area (Å²) in [5, 5.41) is 11.2. The molecule has 0 spiro atoms. The maximum atomic E-state index is 13.4. The molecule has 43 heavy (non-hydrogen) atoms. The number of benzene rings is 1. The van der Waals surface area contributed by atoms with Crippen molar-refractivity contribution >= 4 is 27.2 Å². The highest BCUT2D eigenvalue weighted by Crippen LogP contribution is 2.45. The van der Waals surface area contributed by atoms with Crippen LogP contribution in [0.3, 0.4) is 0 Å². The number of halogens is 1. The minimum absolute atomic E-state index is 0.00769. The van der Waals surface area contributed by atoms with Gasteiger partial charge in [0.25, 0.3) is 5.91 Å². The van der Waals surface area contributed by atoms with Crippen molar-refractivity contribution in [3.05, 3.63) is 72.0 Å². The maximum absolute atomic E-state index is 13.4. The first-order chi connectivity index (χ1) is 20.6. The molecule has 3 N–H and O–H groups in total. The Balaban J connectivity index is 1.27. The van der Waals surface area contributed by atoms with Crippen LogP contribution in [0.15, 0.2) is 53.7 Å². The monoisotopic (exact) mass is 601 g/mol. The quantitative estimate of drug-likeness (QED) is 0.306. The first-order valence-corrected chi connectivity index (χ1v) is 15.8. The number of nitrogens with one attached hydrogen (secondary N) is 1. The minimum atomic E-state index is -3.78. The van der Waals surface area contributed by atoms with Crippen LogP contribution in [-0.2, 0) is 9.84 Å². The summed E-state index contributed by atoms with van der Waals surface area (Å²) in [6.45, 7) is 1.74. The lowest BCUT2D eigenvalue weighted by atomic mass is 9.87. The Morgan fingerprint density at radius 1 is 1.02 bits per heavy atom. The summed E-state index contributed by atoms with van der Waals surface area (Å²) in [4.78, 5) is 28.8. The zero-order chi connectivity index (χ0) is 30.0. The van der Waals surface area contributed by atoms with Gasteiger partial charge >= 0.3 is 0 Å². The molecule has 2 saturated heterocycles. The second-order valence-corrected chi connectivity index (χ2v) is 13.2. The molecule has 0 radical (unpaired) electrons. The van der Waals surface area contributed by atoms with Crippen molar-refractivity contribution in [3.63, 3.8) is 0 Å². The van der Waals surface area contributed by atoms with E-state index >= 15 is 0 Å². The van der Waals surface area contributed by atoms with E-state index < -0.39 is 9.84 Å². The number of nitrogens with zero attached hydrogens (tertiary/aromatic N) is 7. The number of sulfone groups is 1. The van der Waals surface area contributed by atoms with Gasteiger partial charge in [0.05, 0.1) is 17.6 Å². The number of piperidine rings is 1. The van der Waals surface area contributed by atoms with Crippen LogP contribution in [0.25, 0.3) is 28.0 Å². The number of aromatic nitrogens is 7. The Morgan fingerprint density at radius 2 is 1.72 bits per heavy atom. The lowest BCUT2D eigenvalue weighted by molar-refractivity contribution is 0.0556. The van der Waals surface area contributed by atoms with Crippen LogP contribution >= 0.6 is 0 Å². The zero-order valence-corrected chi connectivity index (χ0v) is 24.2. The SMILES string of the molecule is Cc1nc(C(=O)N2C3CCC2CC(c2nc4c(-c5ccc(-c6ccc(F)cc6)nc5)cnn4c(N)c2S(C)(=O)=O)C3)n[nH]1. The van der Waals surface area contributed by atoms with Crippen LogP contribution in [0.5, 0.6) is 0 Å². The highest BCUT2D eigenvalue weighted by atomic mass is 32.2. The molecule has 0 saturated carbocycles. The molecule has 0 aliphatic carbocycles. The molecule has 2 aliphatic rings. The molecule has 220 valence electrons. The lowest BCUT2D eigenvalue weighted by Crippen LogP contribution is -2.46. The van der Waals surface area contributed by atoms with Crippen molar-refractivity contribution in [2.45, 2.75) is 55.5 Å². The molecule has 4 aromatic heterocycles. The van der Waals surface area contributed by atoms with E-state index in [9.17, 15) is 17.6 Å². The van der Waals surface area contributed by atoms with Gasteiger partial charge in [-0.25, -0.2) is 22.8 Å². The summed E-state index contributed by atoms with van der Waals surface area (Å²) in [6.07, 6.45) is 7.05. The largest absolute Gasteiger partial charge is 0.382 e. The number of aryl methyl sites for hydroxylation is 1. The molecule has 2 aliphatic heterocycles. The summed E-state index contributed by atoms with van der Waals surface area (Å²) in [5.41, 5.74) is 10.1. The van der Waals surface area contributed by atoms with E-state index in [2.05, 4.69) is 25.3 Å². The standard InChI is InChI=1S/C29H28FN9O3S/c1-15-34-27(37-36-15)29(40)38-20-8-9-21(38)12-18(11-20)24-25(43(2,41)42)26(31)39-28(35-24)22(14-33-39)17-5-10-23(32-13-17)16-3-6-19(30)7-4-16/h3-7,10,13-14,18,20-21H,8-9,11-12,31H2,1-2H3,(H,34,36,37). The highest BCUT2D eigenvalue weighted by molar-refractivity contribution is 7.91. The fraction of sp³-hybridized carbons (Fsp3) is 0.310. The van der Waals surface area contributed by atoms with Crippen molar-refractivity contribution in [2.75, 3.05) is 12.0 Å². The topological polar surface area (TPSA) is 165 Å². The number of hydrogen-bond donors (Lipinski definition) is 2. The zero-order valence-electron chi connectivity index (χ0n) is 23.4. The van der Waals surface area contributed by atoms with Crippen molar-refractivity contribution in [1.82, 2.24) is 39.7 Å². The number of carbonyl (C=O) groups is 1. The predicted molar refractivity (Wildman–Crippen MR) is 155 cm³/mol. The third-order valence-electron chi connectivity index (χ3n) is 8.39. The van der Waals surface area contributed by atoms with Gasteiger partial charge in [-0.3, -0.25) is 14.9 Å². The second-order valence-electron chi connectivity index (χ2n) is 11.2. The molecule has 6 heterocycles. The highest BCUT2D eigenvalue weighted by Gasteiger charge is 2.46. The number of amides is 1. The maximum Gasteiger partial charge on any atom is 0.294 e. The van der Waals surface area contributed by atoms with Gasteiger partial charge in [0, 0.05) is 47.1 Å². The number of pyridine rings is 1. The Kier molecular flexibility index (Phi) is 6.27. The normalized spacial score (nSPS) is 20.2. The Hall–Kier alpha value is -4.72. The van der Waals surface area contributed by atoms with Gasteiger partial charge in [-0.2, -0.15) is 9.61 Å². The number of carbonyl (C=O) groups excluding carboxylic acids is 1. The van der Waals surface area contributed by atoms with Crippen LogP contribution in [0.2, 0.25) is 0 Å². The van der Waals surface area contributed by atoms with E-state index in [1.165, 1.54) is 16.6 Å². The van der Waals surface area contributed by atoms with Gasteiger partial charge in [0.15, 0.2) is 15.5 Å². The van der Waals surface area contributed by atoms with Crippen molar-refractivity contribution in [3.8, 4) is 22.4 Å². The Morgan fingerprint density at radius 3 is 2.33 bits per heavy atom. The fourth-order valence-electron chi connectivity index (χ4n) is 6.51. The summed E-state index contributed by atoms with van der Waals surface area (Å²) < 4.78 is 40.9. The molecule has 7 rings (SSSR count). The molecule has 1 aromatic carbocycles. The van der Waals surface area contributed by atoms with E-state index in [-0.39, 0.29) is 46.3 Å². The molecule has 12 nitrogen and oxygen atoms in total. The fourth-order valence-corrected chi connectivity index (χ4v) is 7.57. The van der Waals surface area contributed by atoms with E-state index in [1.807, 2.05) is 17.0 Å². The molecule has 2 fully saturated rings. The summed E-state index contributed by atoms with van der Waals surface area (Å²) in [7, 11) is -3.78. The smallest absolute Gasteiger partial charge is 0.294 e. The number of anilines is 1. The first kappa shape index (κ1) is 27.1. The Labute approximate surface area is 246 Å². The van der Waals surface area contributed by atoms with Crippen LogP contribution in [0, 0.1) is 12.7 Å². The third-order valence-corrected chi connectivity index (χ3v) is 9.55. The summed E-state index contributed by atoms with van der Waals surface area (Å²) in [5.74, 6) is -0.100. The van der Waals surface area contributed by atoms with Crippen LogP contribution < -0.4 is 5.73 Å². The van der Waals surface area contributed by atoms with Gasteiger partial charge in [0.2, 0.25) is 5.82 Å². The van der Waals surface area contributed by atoms with E-state index in [0.29, 0.717) is 46.8 Å². The Bertz CT molecular complexity index is 1970. The molecule has 5 aromatic rings. The van der Waals surface area contributed by atoms with Crippen molar-refractivity contribution in [2.24, 2.45) is 0 Å². The summed E-state index contributed by atoms with van der Waals surface area (Å²) >= 11 is 0. The van der Waals surface area contributed by atoms with Crippen molar-refractivity contribution in [1.29, 1.82) is 0 Å². The minimum Gasteiger partial charge on any atom is -0.382 e. The van der Waals surface area contributed by atoms with Crippen molar-refractivity contribution < 1.29 is 17.6 Å². The lowest BCUT2D eigenvalue weighted by Gasteiger charge is -2.38. The molecule has 14 heteroatoms. The number of nitrogen functional groups attached to an aromatic ring is 1. The van der Waals surface area contributed by atoms with Gasteiger partial charge in [-0.15, -0.1) is 5.10 Å². The van der Waals surface area contributed by atoms with E-state index in [0.717, 1.165) is 24.7 Å². The van der Waals surface area contributed by atoms with E-state index in [1.54, 1.807) is 31.5 Å². The van der Waals surface area contributed by atoms with Gasteiger partial charge in [-0.1, -0.05) is 6.07 Å².